The highest BCUT2D eigenvalue weighted by Gasteiger charge is 2.75. The fraction of sp³-hybridized carbons (Fsp3) is 0.750. The number of nitrogens with zero attached hydrogens (tertiary/aromatic N) is 1. The minimum Gasteiger partial charge on any atom is -0.457 e. The normalized spacial score (nSPS) is 42.3. The smallest absolute Gasteiger partial charge is 0.320 e. The van der Waals surface area contributed by atoms with E-state index >= 15 is 4.39 Å². The minimum absolute atomic E-state index is 0. The summed E-state index contributed by atoms with van der Waals surface area (Å²) in [6.07, 6.45) is 4.28. The van der Waals surface area contributed by atoms with Gasteiger partial charge in [-0.2, -0.15) is 0 Å². The van der Waals surface area contributed by atoms with Crippen molar-refractivity contribution in [1.82, 2.24) is 4.90 Å². The molecule has 0 amide bonds. The number of likely N-dealkylation sites (N-methyl/N-ethyl adjacent to an activating group) is 1. The molecule has 4 rings (SSSR count). The molecule has 0 radical (unpaired) electrons. The van der Waals surface area contributed by atoms with Crippen LogP contribution in [0.5, 0.6) is 0 Å². The molecule has 2 N–H and O–H groups in total. The minimum atomic E-state index is -2.03. The maximum atomic E-state index is 17.2. The molecule has 3 fully saturated rings. The van der Waals surface area contributed by atoms with Crippen LogP contribution in [0.2, 0.25) is 0 Å². The summed E-state index contributed by atoms with van der Waals surface area (Å²) in [5, 5.41) is 23.3. The predicted octanol–water partition coefficient (Wildman–Crippen LogP) is 3.21. The second kappa shape index (κ2) is 10.2. The van der Waals surface area contributed by atoms with Crippen LogP contribution in [0.4, 0.5) is 4.39 Å². The summed E-state index contributed by atoms with van der Waals surface area (Å²) in [6.45, 7) is 9.99. The van der Waals surface area contributed by atoms with Crippen LogP contribution in [0.25, 0.3) is 0 Å². The molecule has 8 atom stereocenters. The highest BCUT2D eigenvalue weighted by Crippen LogP contribution is 2.70. The molecule has 0 bridgehead atoms. The first-order chi connectivity index (χ1) is 16.8. The molecule has 4 aliphatic rings. The third-order valence-corrected chi connectivity index (χ3v) is 10.3. The van der Waals surface area contributed by atoms with Crippen LogP contribution < -0.4 is 0 Å². The number of rotatable bonds is 7. The van der Waals surface area contributed by atoms with Gasteiger partial charge in [-0.1, -0.05) is 39.3 Å². The van der Waals surface area contributed by atoms with E-state index in [1.165, 1.54) is 12.2 Å². The monoisotopic (exact) mass is 541 g/mol. The van der Waals surface area contributed by atoms with Gasteiger partial charge in [0.25, 0.3) is 0 Å². The number of carbonyl (C=O) groups excluding carboxylic acids is 3. The molecule has 7 nitrogen and oxygen atoms in total. The van der Waals surface area contributed by atoms with Gasteiger partial charge in [0.1, 0.15) is 5.60 Å². The third kappa shape index (κ3) is 4.14. The number of esters is 1. The van der Waals surface area contributed by atoms with Crippen LogP contribution in [0.3, 0.4) is 0 Å². The zero-order valence-corrected chi connectivity index (χ0v) is 23.3. The van der Waals surface area contributed by atoms with Gasteiger partial charge in [-0.25, -0.2) is 4.39 Å². The first kappa shape index (κ1) is 29.9. The van der Waals surface area contributed by atoms with Crippen LogP contribution >= 0.6 is 12.4 Å². The summed E-state index contributed by atoms with van der Waals surface area (Å²) < 4.78 is 22.5. The Morgan fingerprint density at radius 1 is 1.22 bits per heavy atom. The van der Waals surface area contributed by atoms with Crippen molar-refractivity contribution in [2.45, 2.75) is 77.7 Å². The molecule has 4 aliphatic carbocycles. The van der Waals surface area contributed by atoms with E-state index in [1.807, 2.05) is 18.7 Å². The molecule has 0 aromatic carbocycles. The van der Waals surface area contributed by atoms with Crippen molar-refractivity contribution in [1.29, 1.82) is 0 Å². The Balaban J connectivity index is 0.00000380. The van der Waals surface area contributed by atoms with Gasteiger partial charge < -0.3 is 14.9 Å². The van der Waals surface area contributed by atoms with E-state index in [1.54, 1.807) is 26.8 Å². The summed E-state index contributed by atoms with van der Waals surface area (Å²) in [5.41, 5.74) is -5.40. The molecule has 208 valence electrons. The molecule has 0 saturated heterocycles. The number of hydrogen-bond acceptors (Lipinski definition) is 7. The Morgan fingerprint density at radius 2 is 1.86 bits per heavy atom. The van der Waals surface area contributed by atoms with Gasteiger partial charge in [0, 0.05) is 16.7 Å². The van der Waals surface area contributed by atoms with Crippen molar-refractivity contribution < 1.29 is 33.7 Å². The summed E-state index contributed by atoms with van der Waals surface area (Å²) >= 11 is 0. The van der Waals surface area contributed by atoms with Gasteiger partial charge in [0.05, 0.1) is 12.6 Å². The Bertz CT molecular complexity index is 1010. The number of Topliss-reactive ketones (excluding diaryl/α,β-unsaturated/α-hetero) is 1. The number of alkyl halides is 1. The van der Waals surface area contributed by atoms with E-state index in [0.29, 0.717) is 37.9 Å². The molecule has 2 unspecified atom stereocenters. The van der Waals surface area contributed by atoms with Crippen LogP contribution in [0.1, 0.15) is 60.3 Å². The third-order valence-electron chi connectivity index (χ3n) is 10.3. The Morgan fingerprint density at radius 3 is 2.49 bits per heavy atom. The first-order valence-corrected chi connectivity index (χ1v) is 13.2. The topological polar surface area (TPSA) is 104 Å². The first-order valence-electron chi connectivity index (χ1n) is 13.2. The summed E-state index contributed by atoms with van der Waals surface area (Å²) in [5.74, 6) is -2.76. The van der Waals surface area contributed by atoms with E-state index in [-0.39, 0.29) is 37.1 Å². The predicted molar refractivity (Wildman–Crippen MR) is 139 cm³/mol. The SMILES string of the molecule is CCN(CC)CC(=O)OCC(=O)[C@@]1(O)[C@@H](C)CC2C3CCC4=CC(=O)C=C[C@]4(C)[C@@]3(F)[C@@H](O)C[C@@]21C.Cl. The van der Waals surface area contributed by atoms with Crippen LogP contribution in [-0.2, 0) is 19.1 Å². The average Bonchev–Trinajstić information content (AvgIpc) is 3.03. The number of aliphatic hydroxyl groups is 2. The lowest BCUT2D eigenvalue weighted by Crippen LogP contribution is -2.69. The number of carbonyl (C=O) groups is 3. The molecule has 37 heavy (non-hydrogen) atoms. The number of halogens is 2. The maximum absolute atomic E-state index is 17.2. The van der Waals surface area contributed by atoms with Gasteiger partial charge in [-0.3, -0.25) is 19.3 Å². The van der Waals surface area contributed by atoms with Crippen molar-refractivity contribution in [3.05, 3.63) is 23.8 Å². The molecular weight excluding hydrogens is 501 g/mol. The van der Waals surface area contributed by atoms with Gasteiger partial charge in [0.15, 0.2) is 18.1 Å². The zero-order chi connectivity index (χ0) is 26.7. The Hall–Kier alpha value is -1.61. The highest BCUT2D eigenvalue weighted by molar-refractivity contribution is 6.01. The largest absolute Gasteiger partial charge is 0.457 e. The number of aliphatic hydroxyl groups excluding tert-OH is 1. The van der Waals surface area contributed by atoms with Gasteiger partial charge in [-0.05, 0) is 69.7 Å². The van der Waals surface area contributed by atoms with E-state index in [2.05, 4.69) is 0 Å². The molecule has 0 aromatic heterocycles. The number of fused-ring (bicyclic) bond motifs is 5. The molecule has 9 heteroatoms. The number of hydrogen-bond donors (Lipinski definition) is 2. The molecule has 0 aromatic rings. The number of ether oxygens (including phenoxy) is 1. The van der Waals surface area contributed by atoms with Crippen molar-refractivity contribution in [3.63, 3.8) is 0 Å². The lowest BCUT2D eigenvalue weighted by molar-refractivity contribution is -0.220. The van der Waals surface area contributed by atoms with Crippen molar-refractivity contribution in [2.75, 3.05) is 26.2 Å². The van der Waals surface area contributed by atoms with E-state index in [4.69, 9.17) is 4.74 Å². The van der Waals surface area contributed by atoms with Crippen molar-refractivity contribution in [2.24, 2.45) is 28.6 Å². The summed E-state index contributed by atoms with van der Waals surface area (Å²) in [7, 11) is 0. The van der Waals surface area contributed by atoms with Gasteiger partial charge in [-0.15, -0.1) is 12.4 Å². The molecule has 3 saturated carbocycles. The molecular formula is C28H41ClFNO6. The quantitative estimate of drug-likeness (QED) is 0.477. The highest BCUT2D eigenvalue weighted by atomic mass is 35.5. The number of allylic oxidation sites excluding steroid dienone is 4. The Kier molecular flexibility index (Phi) is 8.23. The summed E-state index contributed by atoms with van der Waals surface area (Å²) in [4.78, 5) is 39.6. The molecule has 0 aliphatic heterocycles. The second-order valence-corrected chi connectivity index (χ2v) is 11.7. The maximum Gasteiger partial charge on any atom is 0.320 e. The Labute approximate surface area is 224 Å². The van der Waals surface area contributed by atoms with Crippen LogP contribution in [0.15, 0.2) is 23.8 Å². The van der Waals surface area contributed by atoms with Crippen molar-refractivity contribution in [3.8, 4) is 0 Å². The fourth-order valence-corrected chi connectivity index (χ4v) is 8.07. The number of ketones is 2. The van der Waals surface area contributed by atoms with E-state index < -0.39 is 58.4 Å². The van der Waals surface area contributed by atoms with Crippen molar-refractivity contribution >= 4 is 29.9 Å². The molecule has 0 heterocycles. The van der Waals surface area contributed by atoms with E-state index in [9.17, 15) is 24.6 Å². The van der Waals surface area contributed by atoms with Crippen LogP contribution in [-0.4, -0.2) is 76.3 Å². The van der Waals surface area contributed by atoms with Gasteiger partial charge in [0.2, 0.25) is 5.78 Å². The van der Waals surface area contributed by atoms with Crippen LogP contribution in [0, 0.1) is 28.6 Å². The fourth-order valence-electron chi connectivity index (χ4n) is 8.07. The molecule has 0 spiro atoms. The second-order valence-electron chi connectivity index (χ2n) is 11.7. The lowest BCUT2D eigenvalue weighted by atomic mass is 9.44. The van der Waals surface area contributed by atoms with Gasteiger partial charge >= 0.3 is 5.97 Å². The standard InChI is InChI=1S/C28H40FNO6.ClH/c1-6-30(7-2)15-24(34)36-16-23(33)28(35)17(3)12-21-20-9-8-18-13-19(31)10-11-25(18,4)27(20,29)22(32)14-26(21,28)5;/h10-11,13,17,20-22,32,35H,6-9,12,14-16H2,1-5H3;1H/t17-,20?,21?,22-,25-,26-,27-,28-;/m0./s1. The average molecular weight is 542 g/mol. The summed E-state index contributed by atoms with van der Waals surface area (Å²) in [6, 6.07) is 0. The zero-order valence-electron chi connectivity index (χ0n) is 22.5. The lowest BCUT2D eigenvalue weighted by Gasteiger charge is -2.62. The van der Waals surface area contributed by atoms with E-state index in [0.717, 1.165) is 0 Å².